The van der Waals surface area contributed by atoms with Crippen molar-refractivity contribution in [3.8, 4) is 5.75 Å². The number of anilines is 1. The van der Waals surface area contributed by atoms with Gasteiger partial charge in [-0.05, 0) is 79.1 Å². The minimum Gasteiger partial charge on any atom is -0.497 e. The number of amides is 1. The molecule has 0 radical (unpaired) electrons. The van der Waals surface area contributed by atoms with Crippen molar-refractivity contribution in [3.05, 3.63) is 53.6 Å². The third-order valence-corrected chi connectivity index (χ3v) is 7.20. The van der Waals surface area contributed by atoms with E-state index in [4.69, 9.17) is 4.74 Å². The Morgan fingerprint density at radius 2 is 1.79 bits per heavy atom. The summed E-state index contributed by atoms with van der Waals surface area (Å²) in [4.78, 5) is 14.4. The van der Waals surface area contributed by atoms with Crippen LogP contribution >= 0.6 is 0 Å². The molecule has 0 bridgehead atoms. The first kappa shape index (κ1) is 19.9. The maximum absolute atomic E-state index is 12.8. The highest BCUT2D eigenvalue weighted by Gasteiger charge is 2.31. The van der Waals surface area contributed by atoms with Gasteiger partial charge in [0.1, 0.15) is 5.75 Å². The summed E-state index contributed by atoms with van der Waals surface area (Å²) < 4.78 is 33.4. The van der Waals surface area contributed by atoms with Gasteiger partial charge in [0.2, 0.25) is 15.9 Å². The van der Waals surface area contributed by atoms with Crippen LogP contribution in [-0.2, 0) is 27.7 Å². The minimum atomic E-state index is -3.59. The van der Waals surface area contributed by atoms with Crippen molar-refractivity contribution in [2.45, 2.75) is 37.0 Å². The average Bonchev–Trinajstić information content (AvgIpc) is 3.12. The van der Waals surface area contributed by atoms with Gasteiger partial charge in [-0.15, -0.1) is 0 Å². The van der Waals surface area contributed by atoms with Gasteiger partial charge in [0.25, 0.3) is 0 Å². The predicted molar refractivity (Wildman–Crippen MR) is 112 cm³/mol. The van der Waals surface area contributed by atoms with Crippen LogP contribution in [0.25, 0.3) is 0 Å². The van der Waals surface area contributed by atoms with E-state index < -0.39 is 10.0 Å². The standard InChI is InChI=1S/C22H26N2O4S/c1-28-20-9-7-19(8-10-20)24-15-16(12-22(24)25)14-23-29(26,27)21-11-6-17-4-2-3-5-18(17)13-21/h6-11,13,16,23H,2-5,12,14-15H2,1H3. The second-order valence-corrected chi connectivity index (χ2v) is 9.53. The number of nitrogens with one attached hydrogen (secondary N) is 1. The van der Waals surface area contributed by atoms with Crippen LogP contribution in [0.2, 0.25) is 0 Å². The molecule has 1 unspecified atom stereocenters. The Labute approximate surface area is 171 Å². The van der Waals surface area contributed by atoms with E-state index in [2.05, 4.69) is 4.72 Å². The van der Waals surface area contributed by atoms with Crippen molar-refractivity contribution in [1.29, 1.82) is 0 Å². The minimum absolute atomic E-state index is 0.00754. The number of rotatable bonds is 6. The molecule has 0 spiro atoms. The summed E-state index contributed by atoms with van der Waals surface area (Å²) in [6, 6.07) is 12.8. The number of sulfonamides is 1. The fourth-order valence-electron chi connectivity index (χ4n) is 4.12. The van der Waals surface area contributed by atoms with Crippen LogP contribution in [0.5, 0.6) is 5.75 Å². The van der Waals surface area contributed by atoms with E-state index in [0.717, 1.165) is 42.7 Å². The SMILES string of the molecule is COc1ccc(N2CC(CNS(=O)(=O)c3ccc4c(c3)CCCC4)CC2=O)cc1. The second-order valence-electron chi connectivity index (χ2n) is 7.76. The fourth-order valence-corrected chi connectivity index (χ4v) is 5.28. The number of hydrogen-bond acceptors (Lipinski definition) is 4. The largest absolute Gasteiger partial charge is 0.497 e. The first-order chi connectivity index (χ1) is 14.0. The van der Waals surface area contributed by atoms with Gasteiger partial charge in [-0.2, -0.15) is 0 Å². The van der Waals surface area contributed by atoms with Crippen molar-refractivity contribution in [1.82, 2.24) is 4.72 Å². The Balaban J connectivity index is 1.40. The summed E-state index contributed by atoms with van der Waals surface area (Å²) in [5, 5.41) is 0. The average molecular weight is 415 g/mol. The lowest BCUT2D eigenvalue weighted by atomic mass is 9.92. The molecule has 2 aliphatic rings. The van der Waals surface area contributed by atoms with Crippen LogP contribution in [0.1, 0.15) is 30.4 Å². The Morgan fingerprint density at radius 3 is 2.52 bits per heavy atom. The monoisotopic (exact) mass is 414 g/mol. The Morgan fingerprint density at radius 1 is 1.07 bits per heavy atom. The second kappa shape index (κ2) is 8.16. The van der Waals surface area contributed by atoms with Crippen LogP contribution < -0.4 is 14.4 Å². The van der Waals surface area contributed by atoms with Gasteiger partial charge in [-0.1, -0.05) is 6.07 Å². The Bertz CT molecular complexity index is 1000. The highest BCUT2D eigenvalue weighted by atomic mass is 32.2. The van der Waals surface area contributed by atoms with Crippen LogP contribution in [0.3, 0.4) is 0 Å². The number of aryl methyl sites for hydroxylation is 2. The molecule has 2 aromatic rings. The fraction of sp³-hybridized carbons (Fsp3) is 0.409. The maximum Gasteiger partial charge on any atom is 0.240 e. The molecule has 1 amide bonds. The zero-order valence-corrected chi connectivity index (χ0v) is 17.4. The van der Waals surface area contributed by atoms with E-state index in [1.807, 2.05) is 30.3 Å². The quantitative estimate of drug-likeness (QED) is 0.789. The molecule has 29 heavy (non-hydrogen) atoms. The summed E-state index contributed by atoms with van der Waals surface area (Å²) in [7, 11) is -1.99. The van der Waals surface area contributed by atoms with E-state index in [9.17, 15) is 13.2 Å². The summed E-state index contributed by atoms with van der Waals surface area (Å²) in [5.74, 6) is 0.680. The van der Waals surface area contributed by atoms with Crippen molar-refractivity contribution >= 4 is 21.6 Å². The summed E-state index contributed by atoms with van der Waals surface area (Å²) in [6.07, 6.45) is 4.56. The van der Waals surface area contributed by atoms with E-state index in [-0.39, 0.29) is 18.4 Å². The van der Waals surface area contributed by atoms with Gasteiger partial charge in [-0.25, -0.2) is 13.1 Å². The van der Waals surface area contributed by atoms with Crippen LogP contribution in [0.15, 0.2) is 47.4 Å². The zero-order chi connectivity index (χ0) is 20.4. The summed E-state index contributed by atoms with van der Waals surface area (Å²) in [6.45, 7) is 0.746. The molecule has 1 atom stereocenters. The lowest BCUT2D eigenvalue weighted by Crippen LogP contribution is -2.31. The van der Waals surface area contributed by atoms with E-state index in [0.29, 0.717) is 17.9 Å². The van der Waals surface area contributed by atoms with Crippen molar-refractivity contribution in [2.75, 3.05) is 25.1 Å². The summed E-state index contributed by atoms with van der Waals surface area (Å²) in [5.41, 5.74) is 3.20. The van der Waals surface area contributed by atoms with Crippen LogP contribution in [0.4, 0.5) is 5.69 Å². The molecular formula is C22H26N2O4S. The first-order valence-corrected chi connectivity index (χ1v) is 11.5. The number of methoxy groups -OCH3 is 1. The highest BCUT2D eigenvalue weighted by Crippen LogP contribution is 2.27. The third kappa shape index (κ3) is 4.31. The van der Waals surface area contributed by atoms with Crippen molar-refractivity contribution in [2.24, 2.45) is 5.92 Å². The van der Waals surface area contributed by atoms with Gasteiger partial charge in [0.05, 0.1) is 12.0 Å². The lowest BCUT2D eigenvalue weighted by Gasteiger charge is -2.18. The number of carbonyl (C=O) groups is 1. The molecule has 1 heterocycles. The number of benzene rings is 2. The number of ether oxygens (including phenoxy) is 1. The third-order valence-electron chi connectivity index (χ3n) is 5.78. The first-order valence-electron chi connectivity index (χ1n) is 10.0. The maximum atomic E-state index is 12.8. The molecule has 1 aliphatic heterocycles. The van der Waals surface area contributed by atoms with Gasteiger partial charge in [0, 0.05) is 25.2 Å². The van der Waals surface area contributed by atoms with Gasteiger partial charge in [-0.3, -0.25) is 4.79 Å². The summed E-state index contributed by atoms with van der Waals surface area (Å²) >= 11 is 0. The zero-order valence-electron chi connectivity index (χ0n) is 16.6. The predicted octanol–water partition coefficient (Wildman–Crippen LogP) is 2.91. The molecule has 1 saturated heterocycles. The normalized spacial score (nSPS) is 19.3. The van der Waals surface area contributed by atoms with Gasteiger partial charge in [0.15, 0.2) is 0 Å². The Kier molecular flexibility index (Phi) is 5.61. The van der Waals surface area contributed by atoms with E-state index in [1.165, 1.54) is 5.56 Å². The molecule has 7 heteroatoms. The van der Waals surface area contributed by atoms with E-state index in [1.54, 1.807) is 24.1 Å². The molecule has 0 saturated carbocycles. The lowest BCUT2D eigenvalue weighted by molar-refractivity contribution is -0.117. The molecule has 0 aromatic heterocycles. The molecule has 1 N–H and O–H groups in total. The van der Waals surface area contributed by atoms with Crippen molar-refractivity contribution in [3.63, 3.8) is 0 Å². The topological polar surface area (TPSA) is 75.7 Å². The number of fused-ring (bicyclic) bond motifs is 1. The molecule has 1 aliphatic carbocycles. The number of nitrogens with zero attached hydrogens (tertiary/aromatic N) is 1. The van der Waals surface area contributed by atoms with Gasteiger partial charge < -0.3 is 9.64 Å². The molecule has 2 aromatic carbocycles. The van der Waals surface area contributed by atoms with Crippen LogP contribution in [0, 0.1) is 5.92 Å². The molecular weight excluding hydrogens is 388 g/mol. The van der Waals surface area contributed by atoms with Crippen molar-refractivity contribution < 1.29 is 17.9 Å². The highest BCUT2D eigenvalue weighted by molar-refractivity contribution is 7.89. The molecule has 1 fully saturated rings. The number of hydrogen-bond donors (Lipinski definition) is 1. The molecule has 154 valence electrons. The molecule has 6 nitrogen and oxygen atoms in total. The smallest absolute Gasteiger partial charge is 0.240 e. The van der Waals surface area contributed by atoms with Gasteiger partial charge >= 0.3 is 0 Å². The Hall–Kier alpha value is -2.38. The number of carbonyl (C=O) groups excluding carboxylic acids is 1. The molecule has 4 rings (SSSR count). The van der Waals surface area contributed by atoms with Crippen LogP contribution in [-0.4, -0.2) is 34.5 Å². The van der Waals surface area contributed by atoms with E-state index >= 15 is 0 Å².